The Balaban J connectivity index is 1.85. The number of nitro groups is 1. The van der Waals surface area contributed by atoms with Crippen LogP contribution in [0.2, 0.25) is 0 Å². The molecular weight excluding hydrogens is 436 g/mol. The number of carbonyl (C=O) groups excluding carboxylic acids is 2. The fourth-order valence-electron chi connectivity index (χ4n) is 3.57. The molecule has 0 spiro atoms. The lowest BCUT2D eigenvalue weighted by Gasteiger charge is -2.16. The number of hydrogen-bond donors (Lipinski definition) is 1. The van der Waals surface area contributed by atoms with E-state index in [1.165, 1.54) is 29.2 Å². The number of nitro benzene ring substituents is 1. The first kappa shape index (κ1) is 24.9. The van der Waals surface area contributed by atoms with E-state index in [0.717, 1.165) is 18.5 Å². The van der Waals surface area contributed by atoms with Crippen LogP contribution in [0.1, 0.15) is 31.7 Å². The summed E-state index contributed by atoms with van der Waals surface area (Å²) >= 11 is 0. The highest BCUT2D eigenvalue weighted by Gasteiger charge is 2.39. The van der Waals surface area contributed by atoms with Crippen molar-refractivity contribution in [2.24, 2.45) is 0 Å². The molecule has 3 rings (SSSR count). The molecule has 34 heavy (non-hydrogen) atoms. The second-order valence-corrected chi connectivity index (χ2v) is 8.20. The van der Waals surface area contributed by atoms with Crippen molar-refractivity contribution in [1.29, 1.82) is 0 Å². The molecule has 1 N–H and O–H groups in total. The van der Waals surface area contributed by atoms with Gasteiger partial charge in [0.25, 0.3) is 17.5 Å². The molecule has 1 aliphatic heterocycles. The quantitative estimate of drug-likeness (QED) is 0.218. The number of nitrogens with one attached hydrogen (secondary N) is 1. The van der Waals surface area contributed by atoms with Crippen LogP contribution in [0.3, 0.4) is 0 Å². The van der Waals surface area contributed by atoms with Crippen molar-refractivity contribution in [2.45, 2.75) is 26.2 Å². The van der Waals surface area contributed by atoms with Crippen molar-refractivity contribution in [3.8, 4) is 0 Å². The largest absolute Gasteiger partial charge is 0.381 e. The second-order valence-electron chi connectivity index (χ2n) is 8.20. The lowest BCUT2D eigenvalue weighted by Crippen LogP contribution is -2.34. The normalized spacial score (nSPS) is 13.6. The summed E-state index contributed by atoms with van der Waals surface area (Å²) in [5, 5.41) is 14.1. The molecule has 2 aromatic rings. The topological polar surface area (TPSA) is 105 Å². The van der Waals surface area contributed by atoms with Gasteiger partial charge in [0.15, 0.2) is 0 Å². The molecule has 180 valence electrons. The van der Waals surface area contributed by atoms with Gasteiger partial charge in [-0.05, 0) is 54.8 Å². The molecule has 9 heteroatoms. The summed E-state index contributed by atoms with van der Waals surface area (Å²) in [5.41, 5.74) is 2.36. The Bertz CT molecular complexity index is 1060. The molecule has 0 bridgehead atoms. The predicted octanol–water partition coefficient (Wildman–Crippen LogP) is 4.06. The zero-order valence-electron chi connectivity index (χ0n) is 19.7. The van der Waals surface area contributed by atoms with Gasteiger partial charge < -0.3 is 15.0 Å². The minimum Gasteiger partial charge on any atom is -0.381 e. The highest BCUT2D eigenvalue weighted by Crippen LogP contribution is 2.32. The number of unbranched alkanes of at least 4 members (excludes halogenated alkanes) is 1. The number of benzene rings is 2. The van der Waals surface area contributed by atoms with E-state index in [2.05, 4.69) is 12.2 Å². The van der Waals surface area contributed by atoms with Gasteiger partial charge in [-0.1, -0.05) is 13.3 Å². The fraction of sp³-hybridized carbons (Fsp3) is 0.360. The van der Waals surface area contributed by atoms with Crippen molar-refractivity contribution in [1.82, 2.24) is 4.90 Å². The Morgan fingerprint density at radius 3 is 2.21 bits per heavy atom. The molecule has 0 aliphatic carbocycles. The van der Waals surface area contributed by atoms with Gasteiger partial charge in [-0.15, -0.1) is 0 Å². The summed E-state index contributed by atoms with van der Waals surface area (Å²) in [7, 11) is 3.86. The summed E-state index contributed by atoms with van der Waals surface area (Å²) in [6.45, 7) is 3.42. The van der Waals surface area contributed by atoms with Crippen LogP contribution in [0, 0.1) is 10.1 Å². The highest BCUT2D eigenvalue weighted by atomic mass is 16.6. The van der Waals surface area contributed by atoms with E-state index in [4.69, 9.17) is 4.74 Å². The summed E-state index contributed by atoms with van der Waals surface area (Å²) in [6, 6.07) is 13.1. The molecule has 0 atom stereocenters. The molecule has 2 aromatic carbocycles. The van der Waals surface area contributed by atoms with Gasteiger partial charge in [0, 0.05) is 57.4 Å². The zero-order chi connectivity index (χ0) is 24.7. The molecule has 0 radical (unpaired) electrons. The SMILES string of the molecule is CCCCOCCCN1C(=O)C(Nc2ccc(N(C)C)cc2)=C(c2ccc([N+](=O)[O-])cc2)C1=O. The van der Waals surface area contributed by atoms with Gasteiger partial charge in [-0.3, -0.25) is 24.6 Å². The van der Waals surface area contributed by atoms with Gasteiger partial charge in [0.2, 0.25) is 0 Å². The van der Waals surface area contributed by atoms with Crippen molar-refractivity contribution in [2.75, 3.05) is 44.1 Å². The number of hydrogen-bond acceptors (Lipinski definition) is 7. The van der Waals surface area contributed by atoms with Crippen LogP contribution in [0.5, 0.6) is 0 Å². The van der Waals surface area contributed by atoms with Crippen molar-refractivity contribution < 1.29 is 19.2 Å². The van der Waals surface area contributed by atoms with E-state index in [9.17, 15) is 19.7 Å². The standard InChI is InChI=1S/C25H30N4O5/c1-4-5-16-34-17-6-15-28-24(30)22(18-7-11-21(12-8-18)29(32)33)23(25(28)31)26-19-9-13-20(14-10-19)27(2)3/h7-14,26H,4-6,15-17H2,1-3H3. The van der Waals surface area contributed by atoms with E-state index < -0.39 is 16.7 Å². The van der Waals surface area contributed by atoms with Crippen LogP contribution < -0.4 is 10.2 Å². The van der Waals surface area contributed by atoms with E-state index in [0.29, 0.717) is 30.9 Å². The van der Waals surface area contributed by atoms with Gasteiger partial charge in [0.05, 0.1) is 10.5 Å². The minimum atomic E-state index is -0.504. The molecule has 2 amide bonds. The van der Waals surface area contributed by atoms with E-state index in [-0.39, 0.29) is 23.5 Å². The van der Waals surface area contributed by atoms with Crippen LogP contribution in [0.4, 0.5) is 17.1 Å². The van der Waals surface area contributed by atoms with E-state index in [1.807, 2.05) is 43.3 Å². The molecule has 0 unspecified atom stereocenters. The summed E-state index contributed by atoms with van der Waals surface area (Å²) in [6.07, 6.45) is 2.53. The maximum atomic E-state index is 13.3. The maximum absolute atomic E-state index is 13.3. The third-order valence-corrected chi connectivity index (χ3v) is 5.50. The van der Waals surface area contributed by atoms with Gasteiger partial charge in [0.1, 0.15) is 5.70 Å². The molecule has 1 aliphatic rings. The summed E-state index contributed by atoms with van der Waals surface area (Å²) in [5.74, 6) is -0.858. The van der Waals surface area contributed by atoms with E-state index in [1.54, 1.807) is 0 Å². The smallest absolute Gasteiger partial charge is 0.278 e. The van der Waals surface area contributed by atoms with Crippen LogP contribution in [0.25, 0.3) is 5.57 Å². The first-order chi connectivity index (χ1) is 16.3. The highest BCUT2D eigenvalue weighted by molar-refractivity contribution is 6.36. The van der Waals surface area contributed by atoms with Crippen molar-refractivity contribution in [3.63, 3.8) is 0 Å². The number of carbonyl (C=O) groups is 2. The Morgan fingerprint density at radius 2 is 1.62 bits per heavy atom. The molecule has 1 heterocycles. The maximum Gasteiger partial charge on any atom is 0.278 e. The Labute approximate surface area is 199 Å². The van der Waals surface area contributed by atoms with E-state index >= 15 is 0 Å². The van der Waals surface area contributed by atoms with Gasteiger partial charge in [-0.25, -0.2) is 0 Å². The number of non-ortho nitro benzene ring substituents is 1. The average molecular weight is 467 g/mol. The Morgan fingerprint density at radius 1 is 0.971 bits per heavy atom. The van der Waals surface area contributed by atoms with Crippen molar-refractivity contribution in [3.05, 3.63) is 69.9 Å². The van der Waals surface area contributed by atoms with Crippen LogP contribution in [-0.4, -0.2) is 55.5 Å². The second kappa shape index (κ2) is 11.4. The van der Waals surface area contributed by atoms with Gasteiger partial charge in [-0.2, -0.15) is 0 Å². The van der Waals surface area contributed by atoms with Crippen LogP contribution in [-0.2, 0) is 14.3 Å². The average Bonchev–Trinajstić information content (AvgIpc) is 3.05. The molecule has 0 saturated heterocycles. The lowest BCUT2D eigenvalue weighted by atomic mass is 10.0. The predicted molar refractivity (Wildman–Crippen MR) is 131 cm³/mol. The number of amides is 2. The number of anilines is 2. The number of nitrogens with zero attached hydrogens (tertiary/aromatic N) is 3. The van der Waals surface area contributed by atoms with Crippen LogP contribution >= 0.6 is 0 Å². The number of imide groups is 1. The number of rotatable bonds is 12. The minimum absolute atomic E-state index is 0.0870. The third kappa shape index (κ3) is 5.79. The molecular formula is C25H30N4O5. The van der Waals surface area contributed by atoms with Gasteiger partial charge >= 0.3 is 0 Å². The monoisotopic (exact) mass is 466 g/mol. The lowest BCUT2D eigenvalue weighted by molar-refractivity contribution is -0.384. The molecule has 0 aromatic heterocycles. The Kier molecular flexibility index (Phi) is 8.37. The van der Waals surface area contributed by atoms with Crippen LogP contribution in [0.15, 0.2) is 54.2 Å². The molecule has 0 saturated carbocycles. The summed E-state index contributed by atoms with van der Waals surface area (Å²) < 4.78 is 5.56. The molecule has 9 nitrogen and oxygen atoms in total. The fourth-order valence-corrected chi connectivity index (χ4v) is 3.57. The van der Waals surface area contributed by atoms with Crippen molar-refractivity contribution >= 4 is 34.4 Å². The summed E-state index contributed by atoms with van der Waals surface area (Å²) in [4.78, 5) is 40.2. The first-order valence-corrected chi connectivity index (χ1v) is 11.3. The third-order valence-electron chi connectivity index (χ3n) is 5.50. The number of ether oxygens (including phenoxy) is 1. The molecule has 0 fully saturated rings. The Hall–Kier alpha value is -3.72. The zero-order valence-corrected chi connectivity index (χ0v) is 19.7. The first-order valence-electron chi connectivity index (χ1n) is 11.3.